The molecule has 7 heteroatoms. The first kappa shape index (κ1) is 29.0. The molecule has 2 amide bonds. The van der Waals surface area contributed by atoms with Crippen LogP contribution in [0.5, 0.6) is 11.5 Å². The van der Waals surface area contributed by atoms with Crippen LogP contribution in [0.15, 0.2) is 96.6 Å². The molecule has 1 saturated heterocycles. The van der Waals surface area contributed by atoms with E-state index in [1.165, 1.54) is 18.1 Å². The number of phenolic OH excluding ortho intramolecular Hbond substituents is 1. The standard InChI is InChI=1S/C38H35NO6/c1-3-18-39-36(43)26-16-15-25-28(33(26)37(39)44)20-29-35(42)27(22-10-6-4-7-11-22)21-32(41)38(29,24-12-8-5-9-13-24)34(25)23-14-17-30(40)31(19-23)45-2/h4-15,17,19,21,26,28-29,33-34,40H,3,16,18,20H2,1-2H3. The van der Waals surface area contributed by atoms with Crippen molar-refractivity contribution >= 4 is 29.0 Å². The minimum atomic E-state index is -1.32. The Balaban J connectivity index is 1.51. The van der Waals surface area contributed by atoms with E-state index >= 15 is 0 Å². The average molecular weight is 602 g/mol. The molecule has 1 saturated carbocycles. The van der Waals surface area contributed by atoms with Crippen LogP contribution < -0.4 is 4.74 Å². The fraction of sp³-hybridized carbons (Fsp3) is 0.316. The number of methoxy groups -OCH3 is 1. The lowest BCUT2D eigenvalue weighted by Gasteiger charge is -2.55. The van der Waals surface area contributed by atoms with Gasteiger partial charge in [-0.2, -0.15) is 0 Å². The summed E-state index contributed by atoms with van der Waals surface area (Å²) in [6.45, 7) is 2.31. The summed E-state index contributed by atoms with van der Waals surface area (Å²) in [6, 6.07) is 23.7. The molecule has 1 N–H and O–H groups in total. The van der Waals surface area contributed by atoms with Gasteiger partial charge < -0.3 is 9.84 Å². The van der Waals surface area contributed by atoms with Crippen LogP contribution in [0.2, 0.25) is 0 Å². The molecule has 45 heavy (non-hydrogen) atoms. The number of ketones is 2. The summed E-state index contributed by atoms with van der Waals surface area (Å²) >= 11 is 0. The normalized spacial score (nSPS) is 29.0. The van der Waals surface area contributed by atoms with Crippen LogP contribution in [-0.4, -0.2) is 47.0 Å². The highest BCUT2D eigenvalue weighted by molar-refractivity contribution is 6.31. The van der Waals surface area contributed by atoms with E-state index in [0.29, 0.717) is 36.1 Å². The monoisotopic (exact) mass is 601 g/mol. The highest BCUT2D eigenvalue weighted by atomic mass is 16.5. The quantitative estimate of drug-likeness (QED) is 0.290. The second-order valence-corrected chi connectivity index (χ2v) is 12.5. The van der Waals surface area contributed by atoms with E-state index < -0.39 is 35.0 Å². The van der Waals surface area contributed by atoms with Crippen molar-refractivity contribution in [2.45, 2.75) is 37.5 Å². The Labute approximate surface area is 262 Å². The molecule has 3 aromatic carbocycles. The number of benzene rings is 3. The predicted molar refractivity (Wildman–Crippen MR) is 168 cm³/mol. The molecule has 1 heterocycles. The summed E-state index contributed by atoms with van der Waals surface area (Å²) < 4.78 is 5.51. The van der Waals surface area contributed by atoms with Crippen molar-refractivity contribution in [3.05, 3.63) is 113 Å². The zero-order valence-electron chi connectivity index (χ0n) is 25.3. The number of nitrogens with zero attached hydrogens (tertiary/aromatic N) is 1. The topological polar surface area (TPSA) is 101 Å². The molecule has 6 atom stereocenters. The van der Waals surface area contributed by atoms with Gasteiger partial charge in [0.25, 0.3) is 0 Å². The van der Waals surface area contributed by atoms with Crippen molar-refractivity contribution in [3.8, 4) is 11.5 Å². The van der Waals surface area contributed by atoms with Gasteiger partial charge in [0.1, 0.15) is 0 Å². The Bertz CT molecular complexity index is 1780. The third kappa shape index (κ3) is 4.16. The van der Waals surface area contributed by atoms with Gasteiger partial charge in [0.05, 0.1) is 24.4 Å². The highest BCUT2D eigenvalue weighted by Crippen LogP contribution is 2.63. The number of rotatable bonds is 6. The van der Waals surface area contributed by atoms with E-state index in [4.69, 9.17) is 4.74 Å². The number of likely N-dealkylation sites (tertiary alicyclic amines) is 1. The first-order valence-electron chi connectivity index (χ1n) is 15.7. The van der Waals surface area contributed by atoms with Crippen LogP contribution in [0.25, 0.3) is 5.57 Å². The molecule has 3 aliphatic carbocycles. The largest absolute Gasteiger partial charge is 0.504 e. The van der Waals surface area contributed by atoms with Crippen molar-refractivity contribution in [3.63, 3.8) is 0 Å². The van der Waals surface area contributed by atoms with Gasteiger partial charge in [-0.25, -0.2) is 0 Å². The van der Waals surface area contributed by atoms with Crippen molar-refractivity contribution in [1.29, 1.82) is 0 Å². The van der Waals surface area contributed by atoms with E-state index in [9.17, 15) is 24.3 Å². The summed E-state index contributed by atoms with van der Waals surface area (Å²) in [5, 5.41) is 10.5. The number of carbonyl (C=O) groups excluding carboxylic acids is 4. The van der Waals surface area contributed by atoms with Crippen LogP contribution in [-0.2, 0) is 24.6 Å². The Kier molecular flexibility index (Phi) is 7.07. The molecule has 4 aliphatic rings. The van der Waals surface area contributed by atoms with Crippen molar-refractivity contribution in [2.24, 2.45) is 23.7 Å². The van der Waals surface area contributed by atoms with Gasteiger partial charge in [-0.1, -0.05) is 85.3 Å². The summed E-state index contributed by atoms with van der Waals surface area (Å²) in [5.41, 5.74) is 2.03. The van der Waals surface area contributed by atoms with Crippen LogP contribution in [0.4, 0.5) is 0 Å². The van der Waals surface area contributed by atoms with Gasteiger partial charge in [-0.3, -0.25) is 24.1 Å². The van der Waals surface area contributed by atoms with Gasteiger partial charge in [0.2, 0.25) is 11.8 Å². The fourth-order valence-corrected chi connectivity index (χ4v) is 8.63. The van der Waals surface area contributed by atoms with Gasteiger partial charge in [-0.05, 0) is 60.1 Å². The second kappa shape index (κ2) is 11.0. The van der Waals surface area contributed by atoms with E-state index in [2.05, 4.69) is 0 Å². The number of hydrogen-bond acceptors (Lipinski definition) is 6. The summed E-state index contributed by atoms with van der Waals surface area (Å²) in [7, 11) is 1.47. The van der Waals surface area contributed by atoms with Gasteiger partial charge >= 0.3 is 0 Å². The van der Waals surface area contributed by atoms with Gasteiger partial charge in [0.15, 0.2) is 23.1 Å². The lowest BCUT2D eigenvalue weighted by Crippen LogP contribution is -2.58. The number of amides is 2. The summed E-state index contributed by atoms with van der Waals surface area (Å²) in [4.78, 5) is 58.7. The number of imide groups is 1. The highest BCUT2D eigenvalue weighted by Gasteiger charge is 2.65. The first-order chi connectivity index (χ1) is 21.8. The Morgan fingerprint density at radius 2 is 1.62 bits per heavy atom. The smallest absolute Gasteiger partial charge is 0.233 e. The number of Topliss-reactive ketones (excluding diaryl/α,β-unsaturated/α-hetero) is 1. The van der Waals surface area contributed by atoms with Crippen LogP contribution >= 0.6 is 0 Å². The van der Waals surface area contributed by atoms with Gasteiger partial charge in [-0.15, -0.1) is 0 Å². The molecule has 6 unspecified atom stereocenters. The van der Waals surface area contributed by atoms with E-state index in [0.717, 1.165) is 11.1 Å². The maximum Gasteiger partial charge on any atom is 0.233 e. The number of allylic oxidation sites excluding steroid dienone is 4. The Morgan fingerprint density at radius 1 is 0.911 bits per heavy atom. The molecule has 1 aliphatic heterocycles. The molecular formula is C38H35NO6. The molecule has 7 rings (SSSR count). The molecule has 0 bridgehead atoms. The summed E-state index contributed by atoms with van der Waals surface area (Å²) in [5.74, 6) is -3.43. The number of ether oxygens (including phenoxy) is 1. The SMILES string of the molecule is CCCN1C(=O)C2CC=C3C(CC4C(=O)C(c5ccccc5)=CC(=O)C4(c4ccccc4)C3c3ccc(O)c(OC)c3)C2C1=O. The average Bonchev–Trinajstić information content (AvgIpc) is 3.31. The third-order valence-corrected chi connectivity index (χ3v) is 10.5. The zero-order chi connectivity index (χ0) is 31.5. The zero-order valence-corrected chi connectivity index (χ0v) is 25.3. The van der Waals surface area contributed by atoms with Crippen molar-refractivity contribution in [2.75, 3.05) is 13.7 Å². The minimum Gasteiger partial charge on any atom is -0.504 e. The molecule has 2 fully saturated rings. The number of fused-ring (bicyclic) bond motifs is 4. The third-order valence-electron chi connectivity index (χ3n) is 10.5. The van der Waals surface area contributed by atoms with Crippen molar-refractivity contribution < 1.29 is 29.0 Å². The van der Waals surface area contributed by atoms with Gasteiger partial charge in [0, 0.05) is 24.0 Å². The lowest BCUT2D eigenvalue weighted by atomic mass is 9.44. The molecule has 7 nitrogen and oxygen atoms in total. The Hall–Kier alpha value is -4.78. The maximum absolute atomic E-state index is 15.0. The van der Waals surface area contributed by atoms with Crippen molar-refractivity contribution in [1.82, 2.24) is 4.90 Å². The van der Waals surface area contributed by atoms with E-state index in [1.54, 1.807) is 18.2 Å². The van der Waals surface area contributed by atoms with Crippen LogP contribution in [0.1, 0.15) is 48.8 Å². The van der Waals surface area contributed by atoms with E-state index in [1.807, 2.05) is 73.7 Å². The number of carbonyl (C=O) groups is 4. The second-order valence-electron chi connectivity index (χ2n) is 12.5. The van der Waals surface area contributed by atoms with Crippen LogP contribution in [0, 0.1) is 23.7 Å². The summed E-state index contributed by atoms with van der Waals surface area (Å²) in [6.07, 6.45) is 4.87. The molecular weight excluding hydrogens is 566 g/mol. The molecule has 0 spiro atoms. The van der Waals surface area contributed by atoms with Crippen LogP contribution in [0.3, 0.4) is 0 Å². The molecule has 0 aromatic heterocycles. The first-order valence-corrected chi connectivity index (χ1v) is 15.7. The molecule has 3 aromatic rings. The lowest BCUT2D eigenvalue weighted by molar-refractivity contribution is -0.140. The number of phenols is 1. The Morgan fingerprint density at radius 3 is 2.31 bits per heavy atom. The predicted octanol–water partition coefficient (Wildman–Crippen LogP) is 5.64. The fourth-order valence-electron chi connectivity index (χ4n) is 8.63. The number of hydrogen-bond donors (Lipinski definition) is 1. The maximum atomic E-state index is 15.0. The molecule has 228 valence electrons. The van der Waals surface area contributed by atoms with E-state index in [-0.39, 0.29) is 41.3 Å². The minimum absolute atomic E-state index is 0.0410. The number of aromatic hydroxyl groups is 1. The molecule has 0 radical (unpaired) electrons.